The van der Waals surface area contributed by atoms with E-state index >= 15 is 0 Å². The molecule has 2 rings (SSSR count). The van der Waals surface area contributed by atoms with Gasteiger partial charge in [0, 0.05) is 6.54 Å². The van der Waals surface area contributed by atoms with E-state index in [9.17, 15) is 9.59 Å². The van der Waals surface area contributed by atoms with E-state index in [0.717, 1.165) is 6.42 Å². The van der Waals surface area contributed by atoms with Crippen LogP contribution in [0, 0.1) is 0 Å². The number of nitrogens with two attached hydrogens (primary N) is 1. The van der Waals surface area contributed by atoms with Crippen molar-refractivity contribution in [3.63, 3.8) is 0 Å². The Balaban J connectivity index is 2.40. The van der Waals surface area contributed by atoms with E-state index in [1.165, 1.54) is 10.7 Å². The van der Waals surface area contributed by atoms with Crippen LogP contribution in [0.25, 0.3) is 5.65 Å². The Morgan fingerprint density at radius 2 is 2.10 bits per heavy atom. The summed E-state index contributed by atoms with van der Waals surface area (Å²) in [5.41, 5.74) is 6.04. The maximum atomic E-state index is 11.9. The highest BCUT2D eigenvalue weighted by Crippen LogP contribution is 2.14. The highest BCUT2D eigenvalue weighted by Gasteiger charge is 2.21. The van der Waals surface area contributed by atoms with Crippen LogP contribution in [0.3, 0.4) is 0 Å². The number of carbonyl (C=O) groups is 2. The third-order valence-corrected chi connectivity index (χ3v) is 2.71. The summed E-state index contributed by atoms with van der Waals surface area (Å²) in [5.74, 6) is -0.969. The van der Waals surface area contributed by atoms with Crippen LogP contribution in [-0.2, 0) is 4.74 Å². The Morgan fingerprint density at radius 1 is 1.33 bits per heavy atom. The summed E-state index contributed by atoms with van der Waals surface area (Å²) >= 11 is 0. The smallest absolute Gasteiger partial charge is 0.360 e. The Labute approximate surface area is 120 Å². The van der Waals surface area contributed by atoms with Gasteiger partial charge in [0.25, 0.3) is 5.91 Å². The van der Waals surface area contributed by atoms with Crippen molar-refractivity contribution in [1.29, 1.82) is 0 Å². The summed E-state index contributed by atoms with van der Waals surface area (Å²) in [6, 6.07) is 0. The lowest BCUT2D eigenvalue weighted by atomic mass is 10.3. The van der Waals surface area contributed by atoms with E-state index in [1.54, 1.807) is 6.92 Å². The monoisotopic (exact) mass is 292 g/mol. The molecule has 112 valence electrons. The third kappa shape index (κ3) is 2.76. The SMILES string of the molecule is CCCNC(=O)c1nnc2c(C(=O)OCC)ncn2c1N. The number of hydrogen-bond donors (Lipinski definition) is 2. The van der Waals surface area contributed by atoms with Gasteiger partial charge >= 0.3 is 5.97 Å². The molecule has 2 heterocycles. The molecule has 0 saturated carbocycles. The van der Waals surface area contributed by atoms with Gasteiger partial charge in [-0.3, -0.25) is 9.20 Å². The molecule has 0 aliphatic heterocycles. The van der Waals surface area contributed by atoms with Gasteiger partial charge in [0.1, 0.15) is 12.1 Å². The van der Waals surface area contributed by atoms with Gasteiger partial charge < -0.3 is 15.8 Å². The molecule has 0 aliphatic rings. The molecule has 0 aromatic carbocycles. The topological polar surface area (TPSA) is 124 Å². The van der Waals surface area contributed by atoms with Crippen LogP contribution in [0.1, 0.15) is 41.2 Å². The van der Waals surface area contributed by atoms with Gasteiger partial charge in [-0.15, -0.1) is 10.2 Å². The number of amides is 1. The third-order valence-electron chi connectivity index (χ3n) is 2.71. The highest BCUT2D eigenvalue weighted by molar-refractivity contribution is 5.98. The maximum Gasteiger partial charge on any atom is 0.360 e. The summed E-state index contributed by atoms with van der Waals surface area (Å²) in [5, 5.41) is 10.3. The molecule has 9 nitrogen and oxygen atoms in total. The lowest BCUT2D eigenvalue weighted by Crippen LogP contribution is -2.27. The minimum atomic E-state index is -0.614. The number of nitrogens with zero attached hydrogens (tertiary/aromatic N) is 4. The van der Waals surface area contributed by atoms with Crippen molar-refractivity contribution in [2.45, 2.75) is 20.3 Å². The minimum absolute atomic E-state index is 0.0104. The lowest BCUT2D eigenvalue weighted by Gasteiger charge is -2.06. The molecule has 0 atom stereocenters. The molecular formula is C12H16N6O3. The molecular weight excluding hydrogens is 276 g/mol. The van der Waals surface area contributed by atoms with Crippen LogP contribution in [0.2, 0.25) is 0 Å². The second kappa shape index (κ2) is 6.16. The predicted molar refractivity (Wildman–Crippen MR) is 73.8 cm³/mol. The number of aromatic nitrogens is 4. The van der Waals surface area contributed by atoms with Crippen LogP contribution < -0.4 is 11.1 Å². The zero-order valence-electron chi connectivity index (χ0n) is 11.8. The van der Waals surface area contributed by atoms with Crippen molar-refractivity contribution in [3.8, 4) is 0 Å². The van der Waals surface area contributed by atoms with Crippen molar-refractivity contribution in [3.05, 3.63) is 17.7 Å². The average Bonchev–Trinajstić information content (AvgIpc) is 2.90. The van der Waals surface area contributed by atoms with E-state index < -0.39 is 11.9 Å². The molecule has 9 heteroatoms. The number of ether oxygens (including phenoxy) is 1. The fraction of sp³-hybridized carbons (Fsp3) is 0.417. The minimum Gasteiger partial charge on any atom is -0.461 e. The Bertz CT molecular complexity index is 681. The molecule has 3 N–H and O–H groups in total. The van der Waals surface area contributed by atoms with Gasteiger partial charge in [0.05, 0.1) is 6.61 Å². The first-order chi connectivity index (χ1) is 10.1. The van der Waals surface area contributed by atoms with Crippen molar-refractivity contribution < 1.29 is 14.3 Å². The van der Waals surface area contributed by atoms with Crippen molar-refractivity contribution in [2.24, 2.45) is 0 Å². The summed E-state index contributed by atoms with van der Waals surface area (Å²) in [4.78, 5) is 27.5. The normalized spacial score (nSPS) is 10.6. The molecule has 0 bridgehead atoms. The van der Waals surface area contributed by atoms with Crippen LogP contribution in [-0.4, -0.2) is 44.6 Å². The standard InChI is InChI=1S/C12H16N6O3/c1-3-5-14-11(19)7-9(13)18-6-15-8(10(18)17-16-7)12(20)21-4-2/h6H,3-5,13H2,1-2H3,(H,14,19). The molecule has 2 aromatic rings. The summed E-state index contributed by atoms with van der Waals surface area (Å²) in [7, 11) is 0. The molecule has 1 amide bonds. The second-order valence-corrected chi connectivity index (χ2v) is 4.20. The fourth-order valence-electron chi connectivity index (χ4n) is 1.70. The van der Waals surface area contributed by atoms with Crippen LogP contribution in [0.5, 0.6) is 0 Å². The molecule has 0 spiro atoms. The van der Waals surface area contributed by atoms with Gasteiger partial charge in [0.15, 0.2) is 17.0 Å². The lowest BCUT2D eigenvalue weighted by molar-refractivity contribution is 0.0522. The van der Waals surface area contributed by atoms with E-state index in [-0.39, 0.29) is 29.5 Å². The van der Waals surface area contributed by atoms with Gasteiger partial charge in [-0.1, -0.05) is 6.92 Å². The van der Waals surface area contributed by atoms with Gasteiger partial charge in [-0.25, -0.2) is 9.78 Å². The van der Waals surface area contributed by atoms with E-state index in [4.69, 9.17) is 10.5 Å². The summed E-state index contributed by atoms with van der Waals surface area (Å²) in [6.07, 6.45) is 2.10. The number of carbonyl (C=O) groups excluding carboxylic acids is 2. The summed E-state index contributed by atoms with van der Waals surface area (Å²) in [6.45, 7) is 4.35. The molecule has 0 saturated heterocycles. The Hall–Kier alpha value is -2.71. The zero-order chi connectivity index (χ0) is 15.4. The van der Waals surface area contributed by atoms with E-state index in [1.807, 2.05) is 6.92 Å². The van der Waals surface area contributed by atoms with Crippen LogP contribution in [0.15, 0.2) is 6.33 Å². The molecule has 0 radical (unpaired) electrons. The number of esters is 1. The highest BCUT2D eigenvalue weighted by atomic mass is 16.5. The number of nitrogen functional groups attached to an aromatic ring is 1. The number of fused-ring (bicyclic) bond motifs is 1. The largest absolute Gasteiger partial charge is 0.461 e. The van der Waals surface area contributed by atoms with Gasteiger partial charge in [-0.2, -0.15) is 0 Å². The van der Waals surface area contributed by atoms with Crippen molar-refractivity contribution in [1.82, 2.24) is 24.9 Å². The molecule has 0 fully saturated rings. The first-order valence-corrected chi connectivity index (χ1v) is 6.54. The molecule has 0 unspecified atom stereocenters. The van der Waals surface area contributed by atoms with E-state index in [0.29, 0.717) is 6.54 Å². The number of hydrogen-bond acceptors (Lipinski definition) is 7. The molecule has 2 aromatic heterocycles. The molecule has 0 aliphatic carbocycles. The predicted octanol–water partition coefficient (Wildman–Crippen LogP) is 0.0230. The first kappa shape index (κ1) is 14.7. The van der Waals surface area contributed by atoms with E-state index in [2.05, 4.69) is 20.5 Å². The summed E-state index contributed by atoms with van der Waals surface area (Å²) < 4.78 is 6.20. The van der Waals surface area contributed by atoms with Crippen molar-refractivity contribution >= 4 is 23.3 Å². The zero-order valence-corrected chi connectivity index (χ0v) is 11.8. The quantitative estimate of drug-likeness (QED) is 0.744. The van der Waals surface area contributed by atoms with Crippen molar-refractivity contribution in [2.75, 3.05) is 18.9 Å². The Morgan fingerprint density at radius 3 is 2.76 bits per heavy atom. The number of rotatable bonds is 5. The fourth-order valence-corrected chi connectivity index (χ4v) is 1.70. The molecule has 21 heavy (non-hydrogen) atoms. The maximum absolute atomic E-state index is 11.9. The van der Waals surface area contributed by atoms with Gasteiger partial charge in [-0.05, 0) is 13.3 Å². The number of nitrogens with one attached hydrogen (secondary N) is 1. The first-order valence-electron chi connectivity index (χ1n) is 6.54. The number of imidazole rings is 1. The van der Waals surface area contributed by atoms with Gasteiger partial charge in [0.2, 0.25) is 0 Å². The van der Waals surface area contributed by atoms with Crippen LogP contribution >= 0.6 is 0 Å². The number of anilines is 1. The second-order valence-electron chi connectivity index (χ2n) is 4.20. The average molecular weight is 292 g/mol. The van der Waals surface area contributed by atoms with Crippen LogP contribution in [0.4, 0.5) is 5.82 Å². The Kier molecular flexibility index (Phi) is 4.31.